The molecule has 0 bridgehead atoms. The van der Waals surface area contributed by atoms with E-state index in [1.807, 2.05) is 55.5 Å². The zero-order valence-corrected chi connectivity index (χ0v) is 17.8. The summed E-state index contributed by atoms with van der Waals surface area (Å²) in [5.74, 6) is 2.05. The summed E-state index contributed by atoms with van der Waals surface area (Å²) >= 11 is 0. The molecule has 0 fully saturated rings. The number of nitrogens with zero attached hydrogens (tertiary/aromatic N) is 2. The molecule has 3 heterocycles. The van der Waals surface area contributed by atoms with E-state index in [0.29, 0.717) is 17.1 Å². The van der Waals surface area contributed by atoms with Crippen LogP contribution in [0.4, 0.5) is 0 Å². The lowest BCUT2D eigenvalue weighted by atomic mass is 10.0. The van der Waals surface area contributed by atoms with E-state index in [1.165, 1.54) is 0 Å². The minimum Gasteiger partial charge on any atom is -0.461 e. The normalized spacial score (nSPS) is 11.1. The molecule has 3 aromatic heterocycles. The van der Waals surface area contributed by atoms with E-state index in [-0.39, 0.29) is 12.3 Å². The topological polar surface area (TPSA) is 77.2 Å². The first kappa shape index (κ1) is 19.8. The largest absolute Gasteiger partial charge is 0.461 e. The van der Waals surface area contributed by atoms with Gasteiger partial charge in [0.15, 0.2) is 0 Å². The van der Waals surface area contributed by atoms with Crippen LogP contribution in [0.15, 0.2) is 77.6 Å². The second-order valence-electron chi connectivity index (χ2n) is 7.52. The Morgan fingerprint density at radius 1 is 0.969 bits per heavy atom. The number of aromatic nitrogens is 2. The lowest BCUT2D eigenvalue weighted by Gasteiger charge is -2.10. The van der Waals surface area contributed by atoms with Gasteiger partial charge in [-0.05, 0) is 60.5 Å². The number of furan rings is 1. The van der Waals surface area contributed by atoms with Crippen molar-refractivity contribution in [2.24, 2.45) is 0 Å². The van der Waals surface area contributed by atoms with Crippen LogP contribution in [0.3, 0.4) is 0 Å². The third-order valence-corrected chi connectivity index (χ3v) is 5.53. The maximum absolute atomic E-state index is 11.8. The van der Waals surface area contributed by atoms with Crippen molar-refractivity contribution in [1.29, 1.82) is 0 Å². The average molecular weight is 423 g/mol. The summed E-state index contributed by atoms with van der Waals surface area (Å²) < 4.78 is 12.1. The molecule has 5 aromatic rings. The van der Waals surface area contributed by atoms with Crippen molar-refractivity contribution in [3.05, 3.63) is 84.5 Å². The van der Waals surface area contributed by atoms with Gasteiger partial charge >= 0.3 is 0 Å². The van der Waals surface area contributed by atoms with Gasteiger partial charge in [0, 0.05) is 48.0 Å². The Morgan fingerprint density at radius 3 is 2.59 bits per heavy atom. The number of rotatable bonds is 5. The first-order valence-corrected chi connectivity index (χ1v) is 10.3. The summed E-state index contributed by atoms with van der Waals surface area (Å²) in [6.45, 7) is 1.87. The van der Waals surface area contributed by atoms with Crippen molar-refractivity contribution in [3.8, 4) is 22.6 Å². The van der Waals surface area contributed by atoms with Crippen LogP contribution in [0, 0.1) is 6.92 Å². The van der Waals surface area contributed by atoms with Gasteiger partial charge in [0.05, 0.1) is 11.9 Å². The van der Waals surface area contributed by atoms with E-state index in [0.717, 1.165) is 38.7 Å². The molecule has 0 aliphatic carbocycles. The minimum absolute atomic E-state index is 0.0504. The van der Waals surface area contributed by atoms with Crippen LogP contribution < -0.4 is 10.1 Å². The van der Waals surface area contributed by atoms with Gasteiger partial charge in [-0.15, -0.1) is 0 Å². The molecule has 6 heteroatoms. The first-order chi connectivity index (χ1) is 15.6. The molecule has 0 aliphatic rings. The third-order valence-electron chi connectivity index (χ3n) is 5.53. The predicted molar refractivity (Wildman–Crippen MR) is 124 cm³/mol. The van der Waals surface area contributed by atoms with Gasteiger partial charge < -0.3 is 14.5 Å². The van der Waals surface area contributed by atoms with Gasteiger partial charge in [-0.2, -0.15) is 0 Å². The zero-order chi connectivity index (χ0) is 22.1. The number of amides is 1. The van der Waals surface area contributed by atoms with E-state index in [4.69, 9.17) is 9.15 Å². The minimum atomic E-state index is -0.0504. The van der Waals surface area contributed by atoms with Crippen LogP contribution in [-0.4, -0.2) is 22.9 Å². The summed E-state index contributed by atoms with van der Waals surface area (Å²) in [5.41, 5.74) is 4.59. The number of nitrogens with one attached hydrogen (secondary N) is 1. The van der Waals surface area contributed by atoms with Gasteiger partial charge in [-0.25, -0.2) is 0 Å². The molecule has 0 saturated carbocycles. The second kappa shape index (κ2) is 8.15. The molecular formula is C26H21N3O3. The summed E-state index contributed by atoms with van der Waals surface area (Å²) in [4.78, 5) is 20.4. The molecule has 0 aliphatic heterocycles. The van der Waals surface area contributed by atoms with E-state index < -0.39 is 0 Å². The molecule has 32 heavy (non-hydrogen) atoms. The van der Waals surface area contributed by atoms with E-state index in [2.05, 4.69) is 21.4 Å². The second-order valence-corrected chi connectivity index (χ2v) is 7.52. The number of likely N-dealkylation sites (N-methyl/N-ethyl adjacent to an activating group) is 1. The molecule has 0 unspecified atom stereocenters. The standard InChI is InChI=1S/C26H21N3O3/c1-16-22(15-26(30)27-2)20-6-4-19(14-25(20)31-16)32-24-9-12-29-23-13-18(3-5-21(23)24)17-7-10-28-11-8-17/h3-14H,15H2,1-2H3,(H,27,30). The Hall–Kier alpha value is -4.19. The van der Waals surface area contributed by atoms with Crippen LogP contribution in [0.5, 0.6) is 11.5 Å². The van der Waals surface area contributed by atoms with Gasteiger partial charge in [0.1, 0.15) is 22.8 Å². The van der Waals surface area contributed by atoms with Crippen molar-refractivity contribution in [2.45, 2.75) is 13.3 Å². The Labute approximate surface area is 184 Å². The maximum atomic E-state index is 11.8. The fraction of sp³-hybridized carbons (Fsp3) is 0.115. The molecule has 0 radical (unpaired) electrons. The Kier molecular flexibility index (Phi) is 5.03. The van der Waals surface area contributed by atoms with Crippen LogP contribution in [0.25, 0.3) is 33.0 Å². The molecule has 158 valence electrons. The number of fused-ring (bicyclic) bond motifs is 2. The monoisotopic (exact) mass is 423 g/mol. The van der Waals surface area contributed by atoms with Gasteiger partial charge in [0.2, 0.25) is 5.91 Å². The van der Waals surface area contributed by atoms with Crippen LogP contribution in [0.2, 0.25) is 0 Å². The lowest BCUT2D eigenvalue weighted by molar-refractivity contribution is -0.119. The number of hydrogen-bond acceptors (Lipinski definition) is 5. The van der Waals surface area contributed by atoms with Crippen molar-refractivity contribution in [3.63, 3.8) is 0 Å². The molecule has 5 rings (SSSR count). The zero-order valence-electron chi connectivity index (χ0n) is 17.8. The molecule has 1 N–H and O–H groups in total. The van der Waals surface area contributed by atoms with Crippen molar-refractivity contribution in [1.82, 2.24) is 15.3 Å². The van der Waals surface area contributed by atoms with E-state index in [9.17, 15) is 4.79 Å². The molecule has 1 amide bonds. The number of benzene rings is 2. The molecule has 0 spiro atoms. The van der Waals surface area contributed by atoms with Gasteiger partial charge in [-0.1, -0.05) is 6.07 Å². The highest BCUT2D eigenvalue weighted by molar-refractivity contribution is 5.90. The highest BCUT2D eigenvalue weighted by atomic mass is 16.5. The quantitative estimate of drug-likeness (QED) is 0.408. The summed E-state index contributed by atoms with van der Waals surface area (Å²) in [6, 6.07) is 17.6. The number of pyridine rings is 2. The third kappa shape index (κ3) is 3.67. The highest BCUT2D eigenvalue weighted by Gasteiger charge is 2.15. The Balaban J connectivity index is 1.48. The van der Waals surface area contributed by atoms with Crippen molar-refractivity contribution in [2.75, 3.05) is 7.05 Å². The Morgan fingerprint density at radius 2 is 1.78 bits per heavy atom. The molecule has 0 atom stereocenters. The van der Waals surface area contributed by atoms with Crippen molar-refractivity contribution < 1.29 is 13.9 Å². The molecule has 2 aromatic carbocycles. The van der Waals surface area contributed by atoms with Gasteiger partial charge in [0.25, 0.3) is 0 Å². The number of ether oxygens (including phenoxy) is 1. The van der Waals surface area contributed by atoms with Gasteiger partial charge in [-0.3, -0.25) is 14.8 Å². The van der Waals surface area contributed by atoms with Crippen LogP contribution in [-0.2, 0) is 11.2 Å². The maximum Gasteiger partial charge on any atom is 0.224 e. The fourth-order valence-corrected chi connectivity index (χ4v) is 3.85. The predicted octanol–water partition coefficient (Wildman–Crippen LogP) is 5.43. The smallest absolute Gasteiger partial charge is 0.224 e. The number of aryl methyl sites for hydroxylation is 1. The van der Waals surface area contributed by atoms with Crippen molar-refractivity contribution >= 4 is 27.8 Å². The van der Waals surface area contributed by atoms with E-state index in [1.54, 1.807) is 25.6 Å². The highest BCUT2D eigenvalue weighted by Crippen LogP contribution is 2.34. The fourth-order valence-electron chi connectivity index (χ4n) is 3.85. The van der Waals surface area contributed by atoms with E-state index >= 15 is 0 Å². The summed E-state index contributed by atoms with van der Waals surface area (Å²) in [7, 11) is 1.63. The number of carbonyl (C=O) groups is 1. The average Bonchev–Trinajstić information content (AvgIpc) is 3.13. The lowest BCUT2D eigenvalue weighted by Crippen LogP contribution is -2.20. The van der Waals surface area contributed by atoms with Crippen LogP contribution >= 0.6 is 0 Å². The molecular weight excluding hydrogens is 402 g/mol. The molecule has 0 saturated heterocycles. The Bertz CT molecular complexity index is 1440. The number of carbonyl (C=O) groups excluding carboxylic acids is 1. The first-order valence-electron chi connectivity index (χ1n) is 10.3. The summed E-state index contributed by atoms with van der Waals surface area (Å²) in [5, 5.41) is 4.49. The SMILES string of the molecule is CNC(=O)Cc1c(C)oc2cc(Oc3ccnc4cc(-c5ccncc5)ccc34)ccc12. The number of hydrogen-bond donors (Lipinski definition) is 1. The van der Waals surface area contributed by atoms with Crippen LogP contribution in [0.1, 0.15) is 11.3 Å². The summed E-state index contributed by atoms with van der Waals surface area (Å²) in [6.07, 6.45) is 5.58. The molecule has 6 nitrogen and oxygen atoms in total.